The second-order valence-corrected chi connectivity index (χ2v) is 7.42. The van der Waals surface area contributed by atoms with Crippen LogP contribution >= 0.6 is 11.3 Å². The minimum absolute atomic E-state index is 0.0727. The second kappa shape index (κ2) is 6.87. The van der Waals surface area contributed by atoms with Crippen LogP contribution in [0.5, 0.6) is 0 Å². The zero-order valence-electron chi connectivity index (χ0n) is 14.0. The molecule has 0 unspecified atom stereocenters. The standard InChI is InChI=1S/C18H18N4O3S/c23-16-15-11-21(17(24)12-3-1-5-19-10-12)6-7-22(15)18(25)14(20-16)9-13-4-2-8-26-13/h1-5,8,10,14-15H,6-7,9,11H2,(H,20,23)/t14-,15-/m0/s1. The maximum absolute atomic E-state index is 12.8. The maximum Gasteiger partial charge on any atom is 0.255 e. The molecule has 0 saturated carbocycles. The number of nitrogens with zero attached hydrogens (tertiary/aromatic N) is 3. The predicted octanol–water partition coefficient (Wildman–Crippen LogP) is 0.537. The van der Waals surface area contributed by atoms with Crippen LogP contribution in [-0.4, -0.2) is 64.2 Å². The number of piperazine rings is 2. The molecule has 7 nitrogen and oxygen atoms in total. The van der Waals surface area contributed by atoms with Crippen molar-refractivity contribution in [3.8, 4) is 0 Å². The van der Waals surface area contributed by atoms with E-state index in [1.165, 1.54) is 6.20 Å². The number of pyridine rings is 1. The molecule has 2 atom stereocenters. The first-order chi connectivity index (χ1) is 12.6. The Hall–Kier alpha value is -2.74. The molecule has 0 aromatic carbocycles. The highest BCUT2D eigenvalue weighted by Gasteiger charge is 2.44. The minimum atomic E-state index is -0.628. The zero-order valence-corrected chi connectivity index (χ0v) is 14.8. The maximum atomic E-state index is 12.8. The summed E-state index contributed by atoms with van der Waals surface area (Å²) in [4.78, 5) is 46.2. The molecule has 2 aromatic heterocycles. The van der Waals surface area contributed by atoms with Crippen LogP contribution in [0.25, 0.3) is 0 Å². The van der Waals surface area contributed by atoms with Gasteiger partial charge in [-0.15, -0.1) is 11.3 Å². The average Bonchev–Trinajstić information content (AvgIpc) is 3.19. The smallest absolute Gasteiger partial charge is 0.255 e. The molecule has 2 fully saturated rings. The van der Waals surface area contributed by atoms with E-state index < -0.39 is 12.1 Å². The van der Waals surface area contributed by atoms with Crippen molar-refractivity contribution in [2.75, 3.05) is 19.6 Å². The van der Waals surface area contributed by atoms with E-state index in [9.17, 15) is 14.4 Å². The van der Waals surface area contributed by atoms with Crippen LogP contribution in [0.3, 0.4) is 0 Å². The predicted molar refractivity (Wildman–Crippen MR) is 95.6 cm³/mol. The SMILES string of the molecule is O=C1N[C@@H](Cc2cccs2)C(=O)N2CCN(C(=O)c3cccnc3)C[C@@H]12. The van der Waals surface area contributed by atoms with Crippen molar-refractivity contribution in [2.24, 2.45) is 0 Å². The van der Waals surface area contributed by atoms with Gasteiger partial charge in [-0.3, -0.25) is 19.4 Å². The lowest BCUT2D eigenvalue weighted by atomic mass is 10.0. The monoisotopic (exact) mass is 370 g/mol. The van der Waals surface area contributed by atoms with E-state index in [-0.39, 0.29) is 24.3 Å². The van der Waals surface area contributed by atoms with Gasteiger partial charge in [0.15, 0.2) is 0 Å². The Labute approximate surface area is 154 Å². The Morgan fingerprint density at radius 1 is 1.27 bits per heavy atom. The number of fused-ring (bicyclic) bond motifs is 1. The van der Waals surface area contributed by atoms with Crippen LogP contribution < -0.4 is 5.32 Å². The van der Waals surface area contributed by atoms with Crippen molar-refractivity contribution in [2.45, 2.75) is 18.5 Å². The number of hydrogen-bond acceptors (Lipinski definition) is 5. The van der Waals surface area contributed by atoms with Crippen LogP contribution in [0.4, 0.5) is 0 Å². The molecule has 0 bridgehead atoms. The number of hydrogen-bond donors (Lipinski definition) is 1. The van der Waals surface area contributed by atoms with E-state index in [1.807, 2.05) is 17.5 Å². The molecule has 2 aromatic rings. The molecule has 26 heavy (non-hydrogen) atoms. The molecule has 4 rings (SSSR count). The fourth-order valence-corrected chi connectivity index (χ4v) is 4.18. The van der Waals surface area contributed by atoms with Gasteiger partial charge in [-0.25, -0.2) is 0 Å². The number of rotatable bonds is 3. The van der Waals surface area contributed by atoms with E-state index >= 15 is 0 Å². The lowest BCUT2D eigenvalue weighted by Crippen LogP contribution is -2.70. The molecule has 2 aliphatic rings. The van der Waals surface area contributed by atoms with Gasteiger partial charge in [0, 0.05) is 36.8 Å². The summed E-state index contributed by atoms with van der Waals surface area (Å²) >= 11 is 1.57. The molecular formula is C18H18N4O3S. The Kier molecular flexibility index (Phi) is 4.42. The summed E-state index contributed by atoms with van der Waals surface area (Å²) < 4.78 is 0. The van der Waals surface area contributed by atoms with Gasteiger partial charge in [0.2, 0.25) is 11.8 Å². The average molecular weight is 370 g/mol. The summed E-state index contributed by atoms with van der Waals surface area (Å²) in [6, 6.07) is 6.14. The molecule has 0 spiro atoms. The largest absolute Gasteiger partial charge is 0.342 e. The van der Waals surface area contributed by atoms with Crippen molar-refractivity contribution in [3.05, 3.63) is 52.5 Å². The van der Waals surface area contributed by atoms with Crippen molar-refractivity contribution in [1.82, 2.24) is 20.1 Å². The Morgan fingerprint density at radius 2 is 2.15 bits per heavy atom. The van der Waals surface area contributed by atoms with E-state index in [0.29, 0.717) is 25.1 Å². The lowest BCUT2D eigenvalue weighted by Gasteiger charge is -2.45. The Balaban J connectivity index is 1.47. The van der Waals surface area contributed by atoms with Crippen LogP contribution in [0, 0.1) is 0 Å². The van der Waals surface area contributed by atoms with Gasteiger partial charge in [-0.2, -0.15) is 0 Å². The van der Waals surface area contributed by atoms with E-state index in [1.54, 1.807) is 39.5 Å². The summed E-state index contributed by atoms with van der Waals surface area (Å²) in [5, 5.41) is 4.78. The summed E-state index contributed by atoms with van der Waals surface area (Å²) in [5.41, 5.74) is 0.485. The van der Waals surface area contributed by atoms with Crippen LogP contribution in [0.15, 0.2) is 42.0 Å². The molecule has 134 valence electrons. The van der Waals surface area contributed by atoms with Crippen LogP contribution in [-0.2, 0) is 16.0 Å². The van der Waals surface area contributed by atoms with E-state index in [4.69, 9.17) is 0 Å². The topological polar surface area (TPSA) is 82.6 Å². The molecule has 0 aliphatic carbocycles. The third kappa shape index (κ3) is 3.08. The van der Waals surface area contributed by atoms with E-state index in [2.05, 4.69) is 10.3 Å². The Morgan fingerprint density at radius 3 is 2.88 bits per heavy atom. The van der Waals surface area contributed by atoms with E-state index in [0.717, 1.165) is 4.88 Å². The van der Waals surface area contributed by atoms with Gasteiger partial charge >= 0.3 is 0 Å². The quantitative estimate of drug-likeness (QED) is 0.855. The summed E-state index contributed by atoms with van der Waals surface area (Å²) in [7, 11) is 0. The first kappa shape index (κ1) is 16.7. The number of thiophene rings is 1. The molecular weight excluding hydrogens is 352 g/mol. The van der Waals surface area contributed by atoms with Gasteiger partial charge < -0.3 is 15.1 Å². The van der Waals surface area contributed by atoms with Crippen LogP contribution in [0.2, 0.25) is 0 Å². The highest BCUT2D eigenvalue weighted by atomic mass is 32.1. The normalized spacial score (nSPS) is 22.8. The molecule has 1 N–H and O–H groups in total. The summed E-state index contributed by atoms with van der Waals surface area (Å²) in [6.45, 7) is 0.982. The van der Waals surface area contributed by atoms with Gasteiger partial charge in [0.25, 0.3) is 5.91 Å². The van der Waals surface area contributed by atoms with Crippen molar-refractivity contribution in [1.29, 1.82) is 0 Å². The second-order valence-electron chi connectivity index (χ2n) is 6.38. The third-order valence-corrected chi connectivity index (χ3v) is 5.66. The van der Waals surface area contributed by atoms with Gasteiger partial charge in [0.05, 0.1) is 12.1 Å². The van der Waals surface area contributed by atoms with Gasteiger partial charge in [0.1, 0.15) is 12.1 Å². The molecule has 4 heterocycles. The van der Waals surface area contributed by atoms with Crippen LogP contribution in [0.1, 0.15) is 15.2 Å². The number of carbonyl (C=O) groups is 3. The third-order valence-electron chi connectivity index (χ3n) is 4.76. The first-order valence-corrected chi connectivity index (χ1v) is 9.34. The molecule has 3 amide bonds. The molecule has 2 saturated heterocycles. The lowest BCUT2D eigenvalue weighted by molar-refractivity contribution is -0.152. The van der Waals surface area contributed by atoms with Gasteiger partial charge in [-0.1, -0.05) is 6.07 Å². The van der Waals surface area contributed by atoms with Crippen molar-refractivity contribution >= 4 is 29.1 Å². The van der Waals surface area contributed by atoms with Gasteiger partial charge in [-0.05, 0) is 23.6 Å². The zero-order chi connectivity index (χ0) is 18.1. The highest BCUT2D eigenvalue weighted by Crippen LogP contribution is 2.21. The minimum Gasteiger partial charge on any atom is -0.342 e. The van der Waals surface area contributed by atoms with Crippen molar-refractivity contribution < 1.29 is 14.4 Å². The molecule has 0 radical (unpaired) electrons. The number of nitrogens with one attached hydrogen (secondary N) is 1. The number of carbonyl (C=O) groups excluding carboxylic acids is 3. The number of aromatic nitrogens is 1. The fraction of sp³-hybridized carbons (Fsp3) is 0.333. The summed E-state index contributed by atoms with van der Waals surface area (Å²) in [5.74, 6) is -0.440. The highest BCUT2D eigenvalue weighted by molar-refractivity contribution is 7.09. The molecule has 2 aliphatic heterocycles. The Bertz CT molecular complexity index is 824. The number of amides is 3. The molecule has 8 heteroatoms. The summed E-state index contributed by atoms with van der Waals surface area (Å²) in [6.07, 6.45) is 3.62. The van der Waals surface area contributed by atoms with Crippen molar-refractivity contribution in [3.63, 3.8) is 0 Å². The fourth-order valence-electron chi connectivity index (χ4n) is 3.43. The first-order valence-electron chi connectivity index (χ1n) is 8.46.